The fraction of sp³-hybridized carbons (Fsp3) is 0.133. The average molecular weight is 287 g/mol. The quantitative estimate of drug-likeness (QED) is 0.839. The Morgan fingerprint density at radius 1 is 1.10 bits per heavy atom. The molecule has 6 heteroatoms. The standard InChI is InChI=1S/C15H14FN3O2/c16-13-6-2-1-5-12(13)15(21)19-18-14(20)8-7-11-4-3-9-17-10-11/h1-6,9-10H,7-8H2,(H,18,20)(H,19,21). The summed E-state index contributed by atoms with van der Waals surface area (Å²) in [4.78, 5) is 27.2. The number of aryl methyl sites for hydroxylation is 1. The molecule has 1 heterocycles. The van der Waals surface area contributed by atoms with Gasteiger partial charge >= 0.3 is 0 Å². The molecule has 0 aliphatic rings. The van der Waals surface area contributed by atoms with E-state index in [1.54, 1.807) is 24.5 Å². The topological polar surface area (TPSA) is 71.1 Å². The summed E-state index contributed by atoms with van der Waals surface area (Å²) in [7, 11) is 0. The number of rotatable bonds is 4. The molecule has 108 valence electrons. The summed E-state index contributed by atoms with van der Waals surface area (Å²) < 4.78 is 13.4. The van der Waals surface area contributed by atoms with Gasteiger partial charge in [-0.25, -0.2) is 4.39 Å². The third kappa shape index (κ3) is 4.38. The van der Waals surface area contributed by atoms with Crippen molar-refractivity contribution in [1.29, 1.82) is 0 Å². The lowest BCUT2D eigenvalue weighted by atomic mass is 10.1. The number of carbonyl (C=O) groups excluding carboxylic acids is 2. The van der Waals surface area contributed by atoms with Crippen LogP contribution in [-0.2, 0) is 11.2 Å². The molecule has 0 aliphatic heterocycles. The first-order chi connectivity index (χ1) is 10.2. The Hall–Kier alpha value is -2.76. The van der Waals surface area contributed by atoms with Gasteiger partial charge in [0.2, 0.25) is 5.91 Å². The lowest BCUT2D eigenvalue weighted by Crippen LogP contribution is -2.42. The Kier molecular flexibility index (Phi) is 4.98. The van der Waals surface area contributed by atoms with Gasteiger partial charge in [0.05, 0.1) is 5.56 Å². The predicted octanol–water partition coefficient (Wildman–Crippen LogP) is 1.61. The molecule has 1 aromatic heterocycles. The molecule has 0 spiro atoms. The van der Waals surface area contributed by atoms with Gasteiger partial charge in [-0.2, -0.15) is 0 Å². The first-order valence-electron chi connectivity index (χ1n) is 6.39. The second-order valence-electron chi connectivity index (χ2n) is 4.34. The van der Waals surface area contributed by atoms with E-state index in [9.17, 15) is 14.0 Å². The van der Waals surface area contributed by atoms with Crippen LogP contribution in [0, 0.1) is 5.82 Å². The number of hydrogen-bond acceptors (Lipinski definition) is 3. The van der Waals surface area contributed by atoms with Gasteiger partial charge in [-0.15, -0.1) is 0 Å². The summed E-state index contributed by atoms with van der Waals surface area (Å²) in [5.74, 6) is -1.69. The van der Waals surface area contributed by atoms with Crippen molar-refractivity contribution in [1.82, 2.24) is 15.8 Å². The molecule has 0 atom stereocenters. The molecule has 21 heavy (non-hydrogen) atoms. The first-order valence-corrected chi connectivity index (χ1v) is 6.39. The largest absolute Gasteiger partial charge is 0.273 e. The van der Waals surface area contributed by atoms with E-state index in [1.807, 2.05) is 6.07 Å². The maximum atomic E-state index is 13.4. The summed E-state index contributed by atoms with van der Waals surface area (Å²) in [6, 6.07) is 9.19. The van der Waals surface area contributed by atoms with Crippen molar-refractivity contribution >= 4 is 11.8 Å². The van der Waals surface area contributed by atoms with Gasteiger partial charge in [0.25, 0.3) is 5.91 Å². The average Bonchev–Trinajstić information content (AvgIpc) is 2.52. The van der Waals surface area contributed by atoms with Crippen LogP contribution in [0.3, 0.4) is 0 Å². The van der Waals surface area contributed by atoms with Crippen LogP contribution in [0.25, 0.3) is 0 Å². The van der Waals surface area contributed by atoms with E-state index in [-0.39, 0.29) is 17.9 Å². The number of aromatic nitrogens is 1. The summed E-state index contributed by atoms with van der Waals surface area (Å²) in [6.07, 6.45) is 4.03. The highest BCUT2D eigenvalue weighted by atomic mass is 19.1. The number of benzene rings is 1. The number of hydrogen-bond donors (Lipinski definition) is 2. The molecule has 0 unspecified atom stereocenters. The second kappa shape index (κ2) is 7.14. The molecule has 2 N–H and O–H groups in total. The Balaban J connectivity index is 1.79. The van der Waals surface area contributed by atoms with Crippen LogP contribution in [-0.4, -0.2) is 16.8 Å². The van der Waals surface area contributed by atoms with Crippen LogP contribution in [0.2, 0.25) is 0 Å². The van der Waals surface area contributed by atoms with Crippen molar-refractivity contribution in [2.24, 2.45) is 0 Å². The molecule has 0 fully saturated rings. The minimum Gasteiger partial charge on any atom is -0.273 e. The normalized spacial score (nSPS) is 9.95. The van der Waals surface area contributed by atoms with E-state index in [1.165, 1.54) is 18.2 Å². The number of nitrogens with one attached hydrogen (secondary N) is 2. The highest BCUT2D eigenvalue weighted by Gasteiger charge is 2.11. The Morgan fingerprint density at radius 2 is 1.90 bits per heavy atom. The molecule has 1 aromatic carbocycles. The summed E-state index contributed by atoms with van der Waals surface area (Å²) >= 11 is 0. The third-order valence-electron chi connectivity index (χ3n) is 2.80. The fourth-order valence-corrected chi connectivity index (χ4v) is 1.71. The molecule has 0 radical (unpaired) electrons. The molecule has 2 rings (SSSR count). The molecule has 2 aromatic rings. The molecule has 0 saturated carbocycles. The van der Waals surface area contributed by atoms with Crippen molar-refractivity contribution < 1.29 is 14.0 Å². The number of amides is 2. The SMILES string of the molecule is O=C(CCc1cccnc1)NNC(=O)c1ccccc1F. The number of pyridine rings is 1. The van der Waals surface area contributed by atoms with Crippen LogP contribution in [0.4, 0.5) is 4.39 Å². The van der Waals surface area contributed by atoms with Gasteiger partial charge < -0.3 is 0 Å². The van der Waals surface area contributed by atoms with E-state index in [4.69, 9.17) is 0 Å². The Bertz CT molecular complexity index is 632. The maximum Gasteiger partial charge on any atom is 0.272 e. The highest BCUT2D eigenvalue weighted by molar-refractivity contribution is 5.95. The minimum atomic E-state index is -0.692. The number of carbonyl (C=O) groups is 2. The van der Waals surface area contributed by atoms with E-state index in [0.29, 0.717) is 6.42 Å². The van der Waals surface area contributed by atoms with E-state index in [0.717, 1.165) is 5.56 Å². The van der Waals surface area contributed by atoms with Crippen molar-refractivity contribution in [2.75, 3.05) is 0 Å². The zero-order valence-electron chi connectivity index (χ0n) is 11.2. The number of hydrazine groups is 1. The smallest absolute Gasteiger partial charge is 0.272 e. The Morgan fingerprint density at radius 3 is 2.62 bits per heavy atom. The van der Waals surface area contributed by atoms with Crippen molar-refractivity contribution in [2.45, 2.75) is 12.8 Å². The lowest BCUT2D eigenvalue weighted by Gasteiger charge is -2.07. The van der Waals surface area contributed by atoms with Gasteiger partial charge in [0.15, 0.2) is 0 Å². The zero-order chi connectivity index (χ0) is 15.1. The van der Waals surface area contributed by atoms with Gasteiger partial charge in [0.1, 0.15) is 5.82 Å². The van der Waals surface area contributed by atoms with Gasteiger partial charge in [-0.05, 0) is 30.2 Å². The van der Waals surface area contributed by atoms with Crippen molar-refractivity contribution in [3.05, 3.63) is 65.7 Å². The summed E-state index contributed by atoms with van der Waals surface area (Å²) in [5, 5.41) is 0. The Labute approximate surface area is 121 Å². The van der Waals surface area contributed by atoms with Crippen LogP contribution < -0.4 is 10.9 Å². The maximum absolute atomic E-state index is 13.4. The second-order valence-corrected chi connectivity index (χ2v) is 4.34. The molecular weight excluding hydrogens is 273 g/mol. The highest BCUT2D eigenvalue weighted by Crippen LogP contribution is 2.05. The van der Waals surface area contributed by atoms with Crippen LogP contribution in [0.1, 0.15) is 22.3 Å². The molecule has 0 aliphatic carbocycles. The molecule has 0 bridgehead atoms. The molecular formula is C15H14FN3O2. The van der Waals surface area contributed by atoms with E-state index in [2.05, 4.69) is 15.8 Å². The third-order valence-corrected chi connectivity index (χ3v) is 2.80. The first kappa shape index (κ1) is 14.6. The van der Waals surface area contributed by atoms with Crippen LogP contribution in [0.15, 0.2) is 48.8 Å². The van der Waals surface area contributed by atoms with Crippen molar-refractivity contribution in [3.8, 4) is 0 Å². The molecule has 5 nitrogen and oxygen atoms in total. The monoisotopic (exact) mass is 287 g/mol. The number of nitrogens with zero attached hydrogens (tertiary/aromatic N) is 1. The zero-order valence-corrected chi connectivity index (χ0v) is 11.2. The summed E-state index contributed by atoms with van der Waals surface area (Å²) in [5.41, 5.74) is 5.24. The molecule has 0 saturated heterocycles. The molecule has 2 amide bonds. The fourth-order valence-electron chi connectivity index (χ4n) is 1.71. The summed E-state index contributed by atoms with van der Waals surface area (Å²) in [6.45, 7) is 0. The van der Waals surface area contributed by atoms with Gasteiger partial charge in [-0.1, -0.05) is 18.2 Å². The van der Waals surface area contributed by atoms with Gasteiger partial charge in [0, 0.05) is 18.8 Å². The number of halogens is 1. The van der Waals surface area contributed by atoms with E-state index < -0.39 is 11.7 Å². The van der Waals surface area contributed by atoms with Gasteiger partial charge in [-0.3, -0.25) is 25.4 Å². The van der Waals surface area contributed by atoms with E-state index >= 15 is 0 Å². The lowest BCUT2D eigenvalue weighted by molar-refractivity contribution is -0.121. The predicted molar refractivity (Wildman–Crippen MR) is 74.6 cm³/mol. The van der Waals surface area contributed by atoms with Crippen LogP contribution >= 0.6 is 0 Å². The van der Waals surface area contributed by atoms with Crippen LogP contribution in [0.5, 0.6) is 0 Å². The van der Waals surface area contributed by atoms with Crippen molar-refractivity contribution in [3.63, 3.8) is 0 Å². The minimum absolute atomic E-state index is 0.120.